The maximum atomic E-state index is 6.69. The van der Waals surface area contributed by atoms with Crippen LogP contribution in [-0.4, -0.2) is 6.10 Å². The number of nitrogen functional groups attached to an aromatic ring is 2. The Bertz CT molecular complexity index is 1000. The Kier molecular flexibility index (Phi) is 8.17. The quantitative estimate of drug-likeness (QED) is 0.325. The van der Waals surface area contributed by atoms with Gasteiger partial charge < -0.3 is 16.2 Å². The van der Waals surface area contributed by atoms with Crippen LogP contribution in [0.1, 0.15) is 125 Å². The number of hydrogen-bond acceptors (Lipinski definition) is 3. The van der Waals surface area contributed by atoms with Crippen molar-refractivity contribution < 1.29 is 4.74 Å². The molecule has 9 atom stereocenters. The number of benzene rings is 1. The molecule has 1 aromatic carbocycles. The van der Waals surface area contributed by atoms with Crippen molar-refractivity contribution in [3.63, 3.8) is 0 Å². The van der Waals surface area contributed by atoms with Gasteiger partial charge in [0.25, 0.3) is 0 Å². The summed E-state index contributed by atoms with van der Waals surface area (Å²) in [5.74, 6) is 6.22. The van der Waals surface area contributed by atoms with Crippen LogP contribution in [-0.2, 0) is 11.3 Å². The lowest BCUT2D eigenvalue weighted by Crippen LogP contribution is -2.59. The second-order valence-corrected chi connectivity index (χ2v) is 16.2. The highest BCUT2D eigenvalue weighted by molar-refractivity contribution is 5.56. The lowest BCUT2D eigenvalue weighted by Gasteiger charge is -2.65. The van der Waals surface area contributed by atoms with E-state index in [0.29, 0.717) is 23.5 Å². The second kappa shape index (κ2) is 10.9. The van der Waals surface area contributed by atoms with Crippen LogP contribution in [0.3, 0.4) is 0 Å². The Labute approximate surface area is 240 Å². The Hall–Kier alpha value is -1.22. The molecule has 3 heteroatoms. The van der Waals surface area contributed by atoms with Gasteiger partial charge in [0.2, 0.25) is 0 Å². The molecule has 0 amide bonds. The van der Waals surface area contributed by atoms with E-state index in [-0.39, 0.29) is 5.41 Å². The van der Waals surface area contributed by atoms with E-state index < -0.39 is 0 Å². The van der Waals surface area contributed by atoms with Crippen molar-refractivity contribution in [2.75, 3.05) is 11.5 Å². The summed E-state index contributed by atoms with van der Waals surface area (Å²) < 4.78 is 6.69. The zero-order valence-corrected chi connectivity index (χ0v) is 26.4. The molecular weight excluding hydrogens is 476 g/mol. The maximum Gasteiger partial charge on any atom is 0.0740 e. The van der Waals surface area contributed by atoms with Crippen molar-refractivity contribution in [1.29, 1.82) is 0 Å². The first kappa shape index (κ1) is 29.3. The molecule has 0 bridgehead atoms. The van der Waals surface area contributed by atoms with Crippen molar-refractivity contribution in [2.24, 2.45) is 57.7 Å². The van der Waals surface area contributed by atoms with E-state index >= 15 is 0 Å². The Morgan fingerprint density at radius 3 is 2.28 bits per heavy atom. The van der Waals surface area contributed by atoms with E-state index in [2.05, 4.69) is 48.5 Å². The Morgan fingerprint density at radius 2 is 1.56 bits per heavy atom. The molecular formula is C36H60N2O. The van der Waals surface area contributed by atoms with E-state index in [1.54, 1.807) is 0 Å². The largest absolute Gasteiger partial charge is 0.399 e. The highest BCUT2D eigenvalue weighted by Crippen LogP contribution is 2.70. The maximum absolute atomic E-state index is 6.69. The minimum absolute atomic E-state index is 0.185. The van der Waals surface area contributed by atoms with Gasteiger partial charge in [0.15, 0.2) is 0 Å². The molecule has 4 N–H and O–H groups in total. The molecule has 0 aromatic heterocycles. The standard InChI is InChI=1S/C36H60N2O/c1-23(2)9-8-10-24(3)28-14-15-29-27-13-16-32-34(4,5)33(39-22-25-11-12-26(37)21-31(25)38)18-20-36(32,7)30(27)17-19-35(28,29)6/h11-12,21,23-24,27-30,32-33H,8-10,13-20,22,37-38H2,1-7H3/t24-,27+,28-,29+,30+,32?,33?,35-,36-/m1/s1. The highest BCUT2D eigenvalue weighted by Gasteiger charge is 2.63. The van der Waals surface area contributed by atoms with Gasteiger partial charge in [0.05, 0.1) is 12.7 Å². The predicted octanol–water partition coefficient (Wildman–Crippen LogP) is 9.49. The third-order valence-corrected chi connectivity index (χ3v) is 13.4. The molecule has 4 fully saturated rings. The smallest absolute Gasteiger partial charge is 0.0740 e. The molecule has 0 radical (unpaired) electrons. The Morgan fingerprint density at radius 1 is 0.846 bits per heavy atom. The van der Waals surface area contributed by atoms with Crippen LogP contribution < -0.4 is 11.5 Å². The van der Waals surface area contributed by atoms with Gasteiger partial charge in [-0.2, -0.15) is 0 Å². The molecule has 4 aliphatic carbocycles. The summed E-state index contributed by atoms with van der Waals surface area (Å²) in [6.45, 7) is 18.4. The third-order valence-electron chi connectivity index (χ3n) is 13.4. The fourth-order valence-corrected chi connectivity index (χ4v) is 11.3. The average molecular weight is 537 g/mol. The van der Waals surface area contributed by atoms with E-state index in [1.807, 2.05) is 18.2 Å². The van der Waals surface area contributed by atoms with Crippen LogP contribution in [0, 0.1) is 57.7 Å². The number of hydrogen-bond donors (Lipinski definition) is 2. The van der Waals surface area contributed by atoms with Gasteiger partial charge in [-0.05, 0) is 121 Å². The summed E-state index contributed by atoms with van der Waals surface area (Å²) in [6, 6.07) is 5.84. The van der Waals surface area contributed by atoms with Gasteiger partial charge in [-0.15, -0.1) is 0 Å². The normalized spacial score (nSPS) is 40.1. The fourth-order valence-electron chi connectivity index (χ4n) is 11.3. The van der Waals surface area contributed by atoms with Crippen molar-refractivity contribution in [1.82, 2.24) is 0 Å². The average Bonchev–Trinajstić information content (AvgIpc) is 3.21. The van der Waals surface area contributed by atoms with Crippen molar-refractivity contribution in [2.45, 2.75) is 132 Å². The van der Waals surface area contributed by atoms with Crippen molar-refractivity contribution in [3.8, 4) is 0 Å². The lowest BCUT2D eigenvalue weighted by atomic mass is 9.41. The number of ether oxygens (including phenoxy) is 1. The summed E-state index contributed by atoms with van der Waals surface area (Å²) >= 11 is 0. The topological polar surface area (TPSA) is 61.3 Å². The van der Waals surface area contributed by atoms with Crippen LogP contribution in [0.4, 0.5) is 11.4 Å². The predicted molar refractivity (Wildman–Crippen MR) is 166 cm³/mol. The molecule has 0 aliphatic heterocycles. The van der Waals surface area contributed by atoms with Crippen LogP contribution in [0.5, 0.6) is 0 Å². The minimum Gasteiger partial charge on any atom is -0.399 e. The first-order valence-corrected chi connectivity index (χ1v) is 16.6. The summed E-state index contributed by atoms with van der Waals surface area (Å²) in [6.07, 6.45) is 15.8. The first-order chi connectivity index (χ1) is 18.4. The van der Waals surface area contributed by atoms with Gasteiger partial charge in [-0.25, -0.2) is 0 Å². The van der Waals surface area contributed by atoms with E-state index in [9.17, 15) is 0 Å². The minimum atomic E-state index is 0.185. The SMILES string of the molecule is CC(C)CCC[C@@H](C)[C@H]1CC[C@H]2[C@@H]3CCC4C(C)(C)C(OCc5ccc(N)cc5N)CC[C@]4(C)[C@H]3CC[C@]12C. The number of fused-ring (bicyclic) bond motifs is 5. The number of nitrogens with two attached hydrogens (primary N) is 2. The fraction of sp³-hybridized carbons (Fsp3) is 0.833. The van der Waals surface area contributed by atoms with Crippen molar-refractivity contribution >= 4 is 11.4 Å². The van der Waals surface area contributed by atoms with E-state index in [1.165, 1.54) is 70.6 Å². The molecule has 220 valence electrons. The third kappa shape index (κ3) is 5.17. The summed E-state index contributed by atoms with van der Waals surface area (Å²) in [4.78, 5) is 0. The van der Waals surface area contributed by atoms with E-state index in [0.717, 1.165) is 58.4 Å². The van der Waals surface area contributed by atoms with Gasteiger partial charge in [-0.1, -0.05) is 73.8 Å². The zero-order valence-electron chi connectivity index (χ0n) is 26.4. The van der Waals surface area contributed by atoms with E-state index in [4.69, 9.17) is 16.2 Å². The summed E-state index contributed by atoms with van der Waals surface area (Å²) in [5, 5.41) is 0. The van der Waals surface area contributed by atoms with Crippen LogP contribution in [0.2, 0.25) is 0 Å². The molecule has 0 saturated heterocycles. The van der Waals surface area contributed by atoms with Crippen molar-refractivity contribution in [3.05, 3.63) is 23.8 Å². The molecule has 5 rings (SSSR count). The molecule has 0 spiro atoms. The number of anilines is 2. The van der Waals surface area contributed by atoms with Crippen LogP contribution in [0.25, 0.3) is 0 Å². The summed E-state index contributed by atoms with van der Waals surface area (Å²) in [5.41, 5.74) is 15.9. The molecule has 3 nitrogen and oxygen atoms in total. The number of rotatable bonds is 8. The molecule has 1 aromatic rings. The summed E-state index contributed by atoms with van der Waals surface area (Å²) in [7, 11) is 0. The zero-order chi connectivity index (χ0) is 28.2. The van der Waals surface area contributed by atoms with Gasteiger partial charge in [0.1, 0.15) is 0 Å². The van der Waals surface area contributed by atoms with Crippen LogP contribution in [0.15, 0.2) is 18.2 Å². The van der Waals surface area contributed by atoms with Crippen LogP contribution >= 0.6 is 0 Å². The molecule has 39 heavy (non-hydrogen) atoms. The first-order valence-electron chi connectivity index (χ1n) is 16.6. The molecule has 4 saturated carbocycles. The second-order valence-electron chi connectivity index (χ2n) is 16.2. The van der Waals surface area contributed by atoms with Gasteiger partial charge >= 0.3 is 0 Å². The van der Waals surface area contributed by atoms with Gasteiger partial charge in [0, 0.05) is 16.9 Å². The lowest BCUT2D eigenvalue weighted by molar-refractivity contribution is -0.193. The Balaban J connectivity index is 1.27. The monoisotopic (exact) mass is 536 g/mol. The molecule has 2 unspecified atom stereocenters. The highest BCUT2D eigenvalue weighted by atomic mass is 16.5. The molecule has 0 heterocycles. The molecule has 4 aliphatic rings. The van der Waals surface area contributed by atoms with Gasteiger partial charge in [-0.3, -0.25) is 0 Å².